The van der Waals surface area contributed by atoms with Gasteiger partial charge in [-0.3, -0.25) is 9.69 Å². The first-order chi connectivity index (χ1) is 7.72. The maximum atomic E-state index is 10.3. The number of hydrogen-bond acceptors (Lipinski definition) is 4. The van der Waals surface area contributed by atoms with Crippen molar-refractivity contribution in [3.63, 3.8) is 0 Å². The summed E-state index contributed by atoms with van der Waals surface area (Å²) in [7, 11) is 1.69. The molecule has 0 aromatic heterocycles. The molecule has 1 aliphatic rings. The number of carbonyl (C=O) groups is 1. The maximum absolute atomic E-state index is 10.3. The first kappa shape index (κ1) is 12.8. The highest BCUT2D eigenvalue weighted by Crippen LogP contribution is 2.15. The van der Waals surface area contributed by atoms with Crippen LogP contribution in [-0.4, -0.2) is 47.4 Å². The lowest BCUT2D eigenvalue weighted by Crippen LogP contribution is -2.41. The summed E-state index contributed by atoms with van der Waals surface area (Å²) in [4.78, 5) is 11.9. The molecule has 6 heteroatoms. The highest BCUT2D eigenvalue weighted by atomic mass is 32.1. The van der Waals surface area contributed by atoms with Crippen LogP contribution >= 0.6 is 12.2 Å². The topological polar surface area (TPSA) is 61.8 Å². The molecule has 0 spiro atoms. The Morgan fingerprint density at radius 3 is 2.94 bits per heavy atom. The van der Waals surface area contributed by atoms with Crippen molar-refractivity contribution in [1.82, 2.24) is 10.2 Å². The SMILES string of the molecule is CNC(=S)N(/C=C\C=O)[C@H]1C=C[C@@H](CO)O1. The Balaban J connectivity index is 2.71. The number of ether oxygens (including phenoxy) is 1. The Morgan fingerprint density at radius 1 is 1.69 bits per heavy atom. The molecule has 16 heavy (non-hydrogen) atoms. The molecule has 0 aromatic rings. The average Bonchev–Trinajstić information content (AvgIpc) is 2.77. The van der Waals surface area contributed by atoms with E-state index in [2.05, 4.69) is 5.32 Å². The van der Waals surface area contributed by atoms with Crippen LogP contribution in [0.3, 0.4) is 0 Å². The van der Waals surface area contributed by atoms with Gasteiger partial charge in [0.25, 0.3) is 0 Å². The normalized spacial score (nSPS) is 23.6. The van der Waals surface area contributed by atoms with Gasteiger partial charge in [-0.1, -0.05) is 6.08 Å². The number of allylic oxidation sites excluding steroid dienone is 1. The van der Waals surface area contributed by atoms with Crippen molar-refractivity contribution < 1.29 is 14.6 Å². The Bertz CT molecular complexity index is 317. The molecule has 0 radical (unpaired) electrons. The molecule has 0 fully saturated rings. The third-order valence-electron chi connectivity index (χ3n) is 2.03. The van der Waals surface area contributed by atoms with Gasteiger partial charge in [0.2, 0.25) is 0 Å². The second-order valence-corrected chi connectivity index (χ2v) is 3.46. The van der Waals surface area contributed by atoms with Gasteiger partial charge >= 0.3 is 0 Å². The van der Waals surface area contributed by atoms with Gasteiger partial charge in [0.1, 0.15) is 12.4 Å². The van der Waals surface area contributed by atoms with Crippen LogP contribution in [-0.2, 0) is 9.53 Å². The van der Waals surface area contributed by atoms with E-state index in [0.717, 1.165) is 0 Å². The van der Waals surface area contributed by atoms with Crippen LogP contribution in [0, 0.1) is 0 Å². The van der Waals surface area contributed by atoms with Crippen LogP contribution in [0.1, 0.15) is 0 Å². The van der Waals surface area contributed by atoms with Crippen molar-refractivity contribution in [1.29, 1.82) is 0 Å². The lowest BCUT2D eigenvalue weighted by molar-refractivity contribution is -0.104. The molecule has 88 valence electrons. The van der Waals surface area contributed by atoms with E-state index < -0.39 is 6.23 Å². The van der Waals surface area contributed by atoms with Gasteiger partial charge in [-0.15, -0.1) is 0 Å². The third-order valence-corrected chi connectivity index (χ3v) is 2.45. The summed E-state index contributed by atoms with van der Waals surface area (Å²) < 4.78 is 5.46. The number of rotatable bonds is 4. The second kappa shape index (κ2) is 6.37. The van der Waals surface area contributed by atoms with Crippen molar-refractivity contribution in [3.8, 4) is 0 Å². The predicted octanol–water partition coefficient (Wildman–Crippen LogP) is -0.221. The zero-order chi connectivity index (χ0) is 12.0. The van der Waals surface area contributed by atoms with Gasteiger partial charge in [0.05, 0.1) is 6.61 Å². The minimum absolute atomic E-state index is 0.0788. The van der Waals surface area contributed by atoms with Crippen molar-refractivity contribution in [2.45, 2.75) is 12.3 Å². The summed E-state index contributed by atoms with van der Waals surface area (Å²) in [5, 5.41) is 12.2. The van der Waals surface area contributed by atoms with E-state index in [9.17, 15) is 4.79 Å². The molecule has 2 atom stereocenters. The van der Waals surface area contributed by atoms with Crippen molar-refractivity contribution in [2.24, 2.45) is 0 Å². The molecular weight excluding hydrogens is 228 g/mol. The number of aldehydes is 1. The number of hydrogen-bond donors (Lipinski definition) is 2. The predicted molar refractivity (Wildman–Crippen MR) is 63.6 cm³/mol. The van der Waals surface area contributed by atoms with Gasteiger partial charge < -0.3 is 15.2 Å². The highest BCUT2D eigenvalue weighted by Gasteiger charge is 2.24. The number of nitrogens with zero attached hydrogens (tertiary/aromatic N) is 1. The second-order valence-electron chi connectivity index (χ2n) is 3.07. The van der Waals surface area contributed by atoms with Crippen LogP contribution in [0.2, 0.25) is 0 Å². The van der Waals surface area contributed by atoms with Crippen molar-refractivity contribution in [2.75, 3.05) is 13.7 Å². The Labute approximate surface area is 99.4 Å². The quantitative estimate of drug-likeness (QED) is 0.307. The smallest absolute Gasteiger partial charge is 0.175 e. The van der Waals surface area contributed by atoms with E-state index in [-0.39, 0.29) is 12.7 Å². The molecule has 0 unspecified atom stereocenters. The number of carbonyl (C=O) groups excluding carboxylic acids is 1. The summed E-state index contributed by atoms with van der Waals surface area (Å²) in [6, 6.07) is 0. The Hall–Kier alpha value is -1.24. The zero-order valence-electron chi connectivity index (χ0n) is 8.87. The first-order valence-electron chi connectivity index (χ1n) is 4.79. The fraction of sp³-hybridized carbons (Fsp3) is 0.400. The van der Waals surface area contributed by atoms with E-state index in [0.29, 0.717) is 11.4 Å². The Morgan fingerprint density at radius 2 is 2.44 bits per heavy atom. The summed E-state index contributed by atoms with van der Waals surface area (Å²) >= 11 is 5.07. The standard InChI is InChI=1S/C10H14N2O3S/c1-11-10(16)12(5-2-6-13)9-4-3-8(7-14)15-9/h2-6,8-9,14H,7H2,1H3,(H,11,16)/b5-2-/t8-,9+/m0/s1. The summed E-state index contributed by atoms with van der Waals surface area (Å²) in [6.07, 6.45) is 6.33. The first-order valence-corrected chi connectivity index (χ1v) is 5.20. The van der Waals surface area contributed by atoms with Gasteiger partial charge in [-0.25, -0.2) is 0 Å². The van der Waals surface area contributed by atoms with Gasteiger partial charge in [0, 0.05) is 13.2 Å². The highest BCUT2D eigenvalue weighted by molar-refractivity contribution is 7.80. The van der Waals surface area contributed by atoms with Gasteiger partial charge in [-0.05, 0) is 24.4 Å². The molecule has 0 saturated heterocycles. The van der Waals surface area contributed by atoms with E-state index in [1.165, 1.54) is 12.3 Å². The fourth-order valence-electron chi connectivity index (χ4n) is 1.28. The van der Waals surface area contributed by atoms with E-state index in [1.54, 1.807) is 24.1 Å². The average molecular weight is 242 g/mol. The molecule has 5 nitrogen and oxygen atoms in total. The maximum Gasteiger partial charge on any atom is 0.175 e. The minimum Gasteiger partial charge on any atom is -0.393 e. The minimum atomic E-state index is -0.395. The zero-order valence-corrected chi connectivity index (χ0v) is 9.68. The monoisotopic (exact) mass is 242 g/mol. The Kier molecular flexibility index (Phi) is 5.10. The summed E-state index contributed by atoms with van der Waals surface area (Å²) in [5.41, 5.74) is 0. The largest absolute Gasteiger partial charge is 0.393 e. The van der Waals surface area contributed by atoms with Crippen molar-refractivity contribution in [3.05, 3.63) is 24.4 Å². The molecule has 2 N–H and O–H groups in total. The van der Waals surface area contributed by atoms with Crippen molar-refractivity contribution >= 4 is 23.6 Å². The molecule has 0 saturated carbocycles. The molecular formula is C10H14N2O3S. The molecule has 0 aromatic carbocycles. The molecule has 1 rings (SSSR count). The van der Waals surface area contributed by atoms with Crippen LogP contribution in [0.15, 0.2) is 24.4 Å². The molecule has 0 amide bonds. The molecule has 0 bridgehead atoms. The van der Waals surface area contributed by atoms with Gasteiger partial charge in [-0.2, -0.15) is 0 Å². The van der Waals surface area contributed by atoms with E-state index in [1.807, 2.05) is 0 Å². The third kappa shape index (κ3) is 3.13. The number of aliphatic hydroxyl groups excluding tert-OH is 1. The van der Waals surface area contributed by atoms with Crippen LogP contribution in [0.25, 0.3) is 0 Å². The van der Waals surface area contributed by atoms with Crippen LogP contribution in [0.5, 0.6) is 0 Å². The summed E-state index contributed by atoms with van der Waals surface area (Å²) in [5.74, 6) is 0. The molecule has 1 aliphatic heterocycles. The van der Waals surface area contributed by atoms with Gasteiger partial charge in [0.15, 0.2) is 11.3 Å². The summed E-state index contributed by atoms with van der Waals surface area (Å²) in [6.45, 7) is -0.0788. The van der Waals surface area contributed by atoms with Crippen LogP contribution < -0.4 is 5.32 Å². The van der Waals surface area contributed by atoms with E-state index >= 15 is 0 Å². The number of aliphatic hydroxyl groups is 1. The lowest BCUT2D eigenvalue weighted by Gasteiger charge is -2.26. The number of nitrogens with one attached hydrogen (secondary N) is 1. The van der Waals surface area contributed by atoms with E-state index in [4.69, 9.17) is 22.1 Å². The number of thiocarbonyl (C=S) groups is 1. The van der Waals surface area contributed by atoms with Crippen LogP contribution in [0.4, 0.5) is 0 Å². The fourth-order valence-corrected chi connectivity index (χ4v) is 1.44. The molecule has 0 aliphatic carbocycles. The molecule has 1 heterocycles. The lowest BCUT2D eigenvalue weighted by atomic mass is 10.4.